The van der Waals surface area contributed by atoms with E-state index in [4.69, 9.17) is 0 Å². The topological polar surface area (TPSA) is 83.9 Å². The van der Waals surface area contributed by atoms with E-state index in [1.165, 1.54) is 11.8 Å². The summed E-state index contributed by atoms with van der Waals surface area (Å²) < 4.78 is 2.19. The number of aromatic amines is 1. The van der Waals surface area contributed by atoms with Crippen LogP contribution in [0.5, 0.6) is 0 Å². The van der Waals surface area contributed by atoms with E-state index in [0.717, 1.165) is 52.4 Å². The van der Waals surface area contributed by atoms with Crippen LogP contribution in [0, 0.1) is 0 Å². The Morgan fingerprint density at radius 2 is 2.00 bits per heavy atom. The zero-order valence-corrected chi connectivity index (χ0v) is 18.8. The lowest BCUT2D eigenvalue weighted by atomic mass is 10.1. The van der Waals surface area contributed by atoms with Crippen LogP contribution in [0.15, 0.2) is 59.9 Å². The highest BCUT2D eigenvalue weighted by molar-refractivity contribution is 7.99. The highest BCUT2D eigenvalue weighted by atomic mass is 32.2. The van der Waals surface area contributed by atoms with E-state index in [-0.39, 0.29) is 17.4 Å². The van der Waals surface area contributed by atoms with Gasteiger partial charge in [0, 0.05) is 52.9 Å². The highest BCUT2D eigenvalue weighted by Crippen LogP contribution is 2.42. The maximum Gasteiger partial charge on any atom is 0.227 e. The van der Waals surface area contributed by atoms with Gasteiger partial charge < -0.3 is 9.88 Å². The van der Waals surface area contributed by atoms with Crippen LogP contribution in [0.2, 0.25) is 0 Å². The van der Waals surface area contributed by atoms with Crippen molar-refractivity contribution in [3.05, 3.63) is 60.3 Å². The number of Topliss-reactive ketones (excluding diaryl/α,β-unsaturated/α-hetero) is 1. The number of fused-ring (bicyclic) bond motifs is 1. The third-order valence-electron chi connectivity index (χ3n) is 6.29. The van der Waals surface area contributed by atoms with Gasteiger partial charge in [0.1, 0.15) is 0 Å². The van der Waals surface area contributed by atoms with Crippen LogP contribution in [0.4, 0.5) is 5.69 Å². The Balaban J connectivity index is 1.24. The van der Waals surface area contributed by atoms with Gasteiger partial charge in [-0.25, -0.2) is 0 Å². The molecule has 1 saturated carbocycles. The van der Waals surface area contributed by atoms with Gasteiger partial charge in [-0.05, 0) is 37.5 Å². The zero-order valence-electron chi connectivity index (χ0n) is 18.0. The van der Waals surface area contributed by atoms with Gasteiger partial charge in [-0.3, -0.25) is 14.2 Å². The minimum atomic E-state index is 0.0208. The molecular weight excluding hydrogens is 434 g/mol. The Morgan fingerprint density at radius 1 is 1.12 bits per heavy atom. The molecule has 7 nitrogen and oxygen atoms in total. The molecule has 1 amide bonds. The van der Waals surface area contributed by atoms with E-state index in [9.17, 15) is 9.59 Å². The number of para-hydroxylation sites is 1. The number of amides is 1. The minimum absolute atomic E-state index is 0.0208. The van der Waals surface area contributed by atoms with E-state index in [0.29, 0.717) is 24.6 Å². The predicted molar refractivity (Wildman–Crippen MR) is 129 cm³/mol. The number of benzene rings is 2. The molecule has 2 aliphatic rings. The fourth-order valence-electron chi connectivity index (χ4n) is 4.46. The zero-order chi connectivity index (χ0) is 22.4. The van der Waals surface area contributed by atoms with Gasteiger partial charge in [-0.1, -0.05) is 42.1 Å². The first-order valence-corrected chi connectivity index (χ1v) is 12.3. The molecule has 0 radical (unpaired) electrons. The van der Waals surface area contributed by atoms with Crippen LogP contribution in [0.3, 0.4) is 0 Å². The van der Waals surface area contributed by atoms with Gasteiger partial charge in [-0.15, -0.1) is 10.2 Å². The predicted octanol–water partition coefficient (Wildman–Crippen LogP) is 4.86. The fraction of sp³-hybridized carbons (Fsp3) is 0.280. The Bertz CT molecular complexity index is 1370. The van der Waals surface area contributed by atoms with Crippen molar-refractivity contribution in [3.63, 3.8) is 0 Å². The van der Waals surface area contributed by atoms with Crippen molar-refractivity contribution in [1.29, 1.82) is 0 Å². The van der Waals surface area contributed by atoms with Gasteiger partial charge in [0.15, 0.2) is 16.8 Å². The summed E-state index contributed by atoms with van der Waals surface area (Å²) >= 11 is 1.43. The van der Waals surface area contributed by atoms with E-state index in [1.54, 1.807) is 4.90 Å². The van der Waals surface area contributed by atoms with Crippen molar-refractivity contribution in [1.82, 2.24) is 19.7 Å². The monoisotopic (exact) mass is 457 g/mol. The molecule has 1 aliphatic heterocycles. The number of hydrogen-bond donors (Lipinski definition) is 1. The molecule has 2 fully saturated rings. The number of rotatable bonds is 7. The van der Waals surface area contributed by atoms with Gasteiger partial charge in [0.2, 0.25) is 5.91 Å². The van der Waals surface area contributed by atoms with Crippen molar-refractivity contribution in [3.8, 4) is 11.4 Å². The molecule has 0 bridgehead atoms. The lowest BCUT2D eigenvalue weighted by Gasteiger charge is -2.16. The Morgan fingerprint density at radius 3 is 2.82 bits per heavy atom. The van der Waals surface area contributed by atoms with E-state index >= 15 is 0 Å². The second-order valence-corrected chi connectivity index (χ2v) is 9.51. The third kappa shape index (κ3) is 3.74. The molecule has 2 aromatic carbocycles. The summed E-state index contributed by atoms with van der Waals surface area (Å²) in [6.07, 6.45) is 5.62. The van der Waals surface area contributed by atoms with Crippen molar-refractivity contribution in [2.24, 2.45) is 0 Å². The SMILES string of the molecule is O=C(CSc1nnc(-c2c[nH]c3ccccc23)n1C1CC1)c1cccc(N2CCCC2=O)c1. The standard InChI is InChI=1S/C25H23N5O2S/c31-22(16-5-3-6-18(13-16)29-12-4-9-23(29)32)15-33-25-28-27-24(30(25)17-10-11-17)20-14-26-21-8-2-1-7-19(20)21/h1-3,5-8,13-14,17,26H,4,9-12,15H2. The lowest BCUT2D eigenvalue weighted by molar-refractivity contribution is -0.117. The van der Waals surface area contributed by atoms with E-state index < -0.39 is 0 Å². The summed E-state index contributed by atoms with van der Waals surface area (Å²) in [6, 6.07) is 15.9. The fourth-order valence-corrected chi connectivity index (χ4v) is 5.36. The first-order chi connectivity index (χ1) is 16.2. The first kappa shape index (κ1) is 20.2. The van der Waals surface area contributed by atoms with Gasteiger partial charge in [0.25, 0.3) is 0 Å². The number of nitrogens with zero attached hydrogens (tertiary/aromatic N) is 4. The third-order valence-corrected chi connectivity index (χ3v) is 7.24. The smallest absolute Gasteiger partial charge is 0.227 e. The number of ketones is 1. The molecule has 3 heterocycles. The second kappa shape index (κ2) is 8.19. The molecule has 1 aliphatic carbocycles. The van der Waals surface area contributed by atoms with Crippen LogP contribution >= 0.6 is 11.8 Å². The quantitative estimate of drug-likeness (QED) is 0.316. The second-order valence-electron chi connectivity index (χ2n) is 8.57. The molecule has 0 atom stereocenters. The summed E-state index contributed by atoms with van der Waals surface area (Å²) in [7, 11) is 0. The largest absolute Gasteiger partial charge is 0.360 e. The van der Waals surface area contributed by atoms with Crippen LogP contribution < -0.4 is 4.90 Å². The molecule has 0 unspecified atom stereocenters. The van der Waals surface area contributed by atoms with Crippen LogP contribution in [-0.4, -0.2) is 43.7 Å². The number of aromatic nitrogens is 4. The maximum atomic E-state index is 13.0. The Hall–Kier alpha value is -3.39. The molecule has 6 rings (SSSR count). The average molecular weight is 458 g/mol. The molecule has 33 heavy (non-hydrogen) atoms. The Kier molecular flexibility index (Phi) is 5.02. The molecule has 0 spiro atoms. The molecule has 1 N–H and O–H groups in total. The number of anilines is 1. The maximum absolute atomic E-state index is 13.0. The number of carbonyl (C=O) groups excluding carboxylic acids is 2. The van der Waals surface area contributed by atoms with Gasteiger partial charge in [-0.2, -0.15) is 0 Å². The average Bonchev–Trinajstić information content (AvgIpc) is 3.24. The number of nitrogens with one attached hydrogen (secondary N) is 1. The van der Waals surface area contributed by atoms with Crippen LogP contribution in [0.1, 0.15) is 42.1 Å². The summed E-state index contributed by atoms with van der Waals surface area (Å²) in [5.74, 6) is 1.26. The Labute approximate surface area is 195 Å². The number of carbonyl (C=O) groups is 2. The van der Waals surface area contributed by atoms with Crippen molar-refractivity contribution >= 4 is 40.0 Å². The van der Waals surface area contributed by atoms with Crippen molar-refractivity contribution in [2.75, 3.05) is 17.2 Å². The molecule has 8 heteroatoms. The number of hydrogen-bond acceptors (Lipinski definition) is 5. The lowest BCUT2D eigenvalue weighted by Crippen LogP contribution is -2.23. The number of H-pyrrole nitrogens is 1. The van der Waals surface area contributed by atoms with Crippen molar-refractivity contribution < 1.29 is 9.59 Å². The molecule has 166 valence electrons. The molecule has 1 saturated heterocycles. The van der Waals surface area contributed by atoms with Crippen molar-refractivity contribution in [2.45, 2.75) is 36.9 Å². The molecule has 4 aromatic rings. The first-order valence-electron chi connectivity index (χ1n) is 11.3. The van der Waals surface area contributed by atoms with Crippen LogP contribution in [-0.2, 0) is 4.79 Å². The molecule has 2 aromatic heterocycles. The summed E-state index contributed by atoms with van der Waals surface area (Å²) in [4.78, 5) is 30.1. The van der Waals surface area contributed by atoms with Gasteiger partial charge in [0.05, 0.1) is 5.75 Å². The number of thioether (sulfide) groups is 1. The minimum Gasteiger partial charge on any atom is -0.360 e. The highest BCUT2D eigenvalue weighted by Gasteiger charge is 2.31. The summed E-state index contributed by atoms with van der Waals surface area (Å²) in [5, 5.41) is 10.9. The van der Waals surface area contributed by atoms with Crippen LogP contribution in [0.25, 0.3) is 22.3 Å². The van der Waals surface area contributed by atoms with E-state index in [1.807, 2.05) is 42.6 Å². The summed E-state index contributed by atoms with van der Waals surface area (Å²) in [6.45, 7) is 0.715. The van der Waals surface area contributed by atoms with E-state index in [2.05, 4.69) is 31.9 Å². The molecular formula is C25H23N5O2S. The summed E-state index contributed by atoms with van der Waals surface area (Å²) in [5.41, 5.74) is 3.52. The normalized spacial score (nSPS) is 16.1. The van der Waals surface area contributed by atoms with Gasteiger partial charge >= 0.3 is 0 Å².